The van der Waals surface area contributed by atoms with Gasteiger partial charge in [0.25, 0.3) is 5.91 Å². The highest BCUT2D eigenvalue weighted by Crippen LogP contribution is 2.42. The number of amides is 1. The Bertz CT molecular complexity index is 1340. The van der Waals surface area contributed by atoms with Gasteiger partial charge in [0, 0.05) is 24.9 Å². The fraction of sp³-hybridized carbons (Fsp3) is 0.455. The first kappa shape index (κ1) is 26.4. The zero-order chi connectivity index (χ0) is 27.1. The van der Waals surface area contributed by atoms with Crippen LogP contribution in [0.25, 0.3) is 5.57 Å². The van der Waals surface area contributed by atoms with Crippen molar-refractivity contribution in [2.24, 2.45) is 16.8 Å². The van der Waals surface area contributed by atoms with Crippen LogP contribution in [0.2, 0.25) is 0 Å². The smallest absolute Gasteiger partial charge is 0.273 e. The molecule has 0 bridgehead atoms. The summed E-state index contributed by atoms with van der Waals surface area (Å²) in [6.07, 6.45) is 13.4. The van der Waals surface area contributed by atoms with Crippen molar-refractivity contribution in [2.45, 2.75) is 72.8 Å². The quantitative estimate of drug-likeness (QED) is 0.413. The van der Waals surface area contributed by atoms with E-state index in [-0.39, 0.29) is 17.8 Å². The monoisotopic (exact) mass is 513 g/mol. The van der Waals surface area contributed by atoms with Crippen molar-refractivity contribution < 1.29 is 9.18 Å². The summed E-state index contributed by atoms with van der Waals surface area (Å²) in [5.41, 5.74) is 7.79. The Balaban J connectivity index is 1.55. The average molecular weight is 514 g/mol. The van der Waals surface area contributed by atoms with Crippen molar-refractivity contribution in [1.29, 1.82) is 0 Å². The van der Waals surface area contributed by atoms with Crippen LogP contribution in [0.15, 0.2) is 75.7 Å². The number of aryl methyl sites for hydroxylation is 1. The van der Waals surface area contributed by atoms with Gasteiger partial charge in [0.1, 0.15) is 17.3 Å². The first-order valence-corrected chi connectivity index (χ1v) is 14.1. The van der Waals surface area contributed by atoms with Gasteiger partial charge in [-0.3, -0.25) is 4.79 Å². The van der Waals surface area contributed by atoms with E-state index in [2.05, 4.69) is 37.8 Å². The predicted octanol–water partition coefficient (Wildman–Crippen LogP) is 7.35. The first-order chi connectivity index (χ1) is 18.2. The molecule has 1 amide bonds. The van der Waals surface area contributed by atoms with Gasteiger partial charge in [-0.15, -0.1) is 0 Å². The van der Waals surface area contributed by atoms with Crippen LogP contribution in [0.5, 0.6) is 0 Å². The summed E-state index contributed by atoms with van der Waals surface area (Å²) in [5.74, 6) is 1.33. The molecule has 0 spiro atoms. The number of nitrogens with zero attached hydrogens (tertiary/aromatic N) is 3. The molecule has 200 valence electrons. The van der Waals surface area contributed by atoms with Crippen LogP contribution in [-0.4, -0.2) is 41.1 Å². The molecule has 4 aliphatic rings. The minimum absolute atomic E-state index is 0.0118. The van der Waals surface area contributed by atoms with Crippen molar-refractivity contribution in [3.63, 3.8) is 0 Å². The van der Waals surface area contributed by atoms with Gasteiger partial charge in [-0.05, 0) is 105 Å². The number of allylic oxidation sites excluding steroid dienone is 6. The van der Waals surface area contributed by atoms with Crippen LogP contribution in [-0.2, 0) is 4.79 Å². The normalized spacial score (nSPS) is 25.3. The van der Waals surface area contributed by atoms with Crippen LogP contribution >= 0.6 is 0 Å². The Morgan fingerprint density at radius 2 is 2.00 bits per heavy atom. The molecule has 2 heterocycles. The highest BCUT2D eigenvalue weighted by Gasteiger charge is 2.37. The highest BCUT2D eigenvalue weighted by molar-refractivity contribution is 6.44. The summed E-state index contributed by atoms with van der Waals surface area (Å²) in [4.78, 5) is 23.0. The van der Waals surface area contributed by atoms with Gasteiger partial charge in [-0.2, -0.15) is 0 Å². The van der Waals surface area contributed by atoms with Gasteiger partial charge in [-0.25, -0.2) is 9.38 Å². The minimum atomic E-state index is -0.233. The first-order valence-electron chi connectivity index (χ1n) is 14.1. The maximum Gasteiger partial charge on any atom is 0.273 e. The topological polar surface area (TPSA) is 35.9 Å². The van der Waals surface area contributed by atoms with Crippen LogP contribution in [0.3, 0.4) is 0 Å². The molecule has 2 aliphatic heterocycles. The second-order valence-electron chi connectivity index (χ2n) is 11.4. The molecule has 1 fully saturated rings. The molecule has 4 nitrogen and oxygen atoms in total. The second-order valence-corrected chi connectivity index (χ2v) is 11.4. The third kappa shape index (κ3) is 4.95. The van der Waals surface area contributed by atoms with Gasteiger partial charge in [0.2, 0.25) is 0 Å². The van der Waals surface area contributed by atoms with E-state index in [0.29, 0.717) is 35.5 Å². The molecule has 2 aliphatic carbocycles. The maximum absolute atomic E-state index is 15.1. The van der Waals surface area contributed by atoms with Crippen LogP contribution in [0, 0.1) is 24.6 Å². The van der Waals surface area contributed by atoms with E-state index in [9.17, 15) is 4.79 Å². The number of carbonyl (C=O) groups excluding carboxylic acids is 1. The van der Waals surface area contributed by atoms with E-state index in [1.807, 2.05) is 50.1 Å². The number of hydrogen-bond acceptors (Lipinski definition) is 3. The molecule has 1 saturated carbocycles. The highest BCUT2D eigenvalue weighted by atomic mass is 19.1. The number of hydrogen-bond donors (Lipinski definition) is 0. The third-order valence-corrected chi connectivity index (χ3v) is 8.65. The van der Waals surface area contributed by atoms with E-state index in [4.69, 9.17) is 4.99 Å². The molecule has 2 unspecified atom stereocenters. The fourth-order valence-electron chi connectivity index (χ4n) is 6.09. The number of benzene rings is 1. The van der Waals surface area contributed by atoms with Gasteiger partial charge in [0.05, 0.1) is 6.04 Å². The molecule has 0 N–H and O–H groups in total. The molecule has 1 aromatic rings. The average Bonchev–Trinajstić information content (AvgIpc) is 3.73. The third-order valence-electron chi connectivity index (χ3n) is 8.65. The van der Waals surface area contributed by atoms with Gasteiger partial charge >= 0.3 is 0 Å². The molecule has 0 saturated heterocycles. The Hall–Kier alpha value is -3.21. The summed E-state index contributed by atoms with van der Waals surface area (Å²) < 4.78 is 15.1. The van der Waals surface area contributed by atoms with Crippen molar-refractivity contribution >= 4 is 17.2 Å². The Morgan fingerprint density at radius 1 is 1.24 bits per heavy atom. The molecule has 38 heavy (non-hydrogen) atoms. The zero-order valence-electron chi connectivity index (χ0n) is 23.6. The molecule has 2 atom stereocenters. The number of halogens is 1. The molecular weight excluding hydrogens is 473 g/mol. The molecule has 5 rings (SSSR count). The Kier molecular flexibility index (Phi) is 7.30. The van der Waals surface area contributed by atoms with Crippen molar-refractivity contribution in [3.8, 4) is 0 Å². The van der Waals surface area contributed by atoms with Crippen LogP contribution in [0.4, 0.5) is 4.39 Å². The minimum Gasteiger partial charge on any atom is -0.333 e. The van der Waals surface area contributed by atoms with Crippen LogP contribution in [0.1, 0.15) is 70.9 Å². The molecular formula is C33H40FN3O. The molecule has 5 heteroatoms. The lowest BCUT2D eigenvalue weighted by Crippen LogP contribution is -2.48. The number of carbonyl (C=O) groups is 1. The second kappa shape index (κ2) is 10.5. The summed E-state index contributed by atoms with van der Waals surface area (Å²) in [7, 11) is 2.02. The molecule has 0 radical (unpaired) electrons. The summed E-state index contributed by atoms with van der Waals surface area (Å²) in [6.45, 7) is 11.1. The van der Waals surface area contributed by atoms with E-state index >= 15 is 4.39 Å². The molecule has 1 aromatic carbocycles. The largest absolute Gasteiger partial charge is 0.333 e. The van der Waals surface area contributed by atoms with E-state index in [1.54, 1.807) is 6.07 Å². The standard InChI is InChI=1S/C33H40FN3O/c1-7-21(3)27(26-14-11-20(2)17-28(26)34)18-31-35-29(19-30(36(31)6)24-12-13-24)33(38)37-16-15-25-10-8-9-22(4)32(25)23(37)5/h8,10-11,14,17-19,22-24H,7,9,12-13,15-16H2,1-6H3/b27-21+,31-18-. The van der Waals surface area contributed by atoms with E-state index in [1.165, 1.54) is 11.1 Å². The summed E-state index contributed by atoms with van der Waals surface area (Å²) in [5, 5.41) is 0. The van der Waals surface area contributed by atoms with Crippen LogP contribution < -0.4 is 0 Å². The van der Waals surface area contributed by atoms with Gasteiger partial charge < -0.3 is 9.80 Å². The van der Waals surface area contributed by atoms with Crippen molar-refractivity contribution in [1.82, 2.24) is 9.80 Å². The lowest BCUT2D eigenvalue weighted by atomic mass is 9.80. The fourth-order valence-corrected chi connectivity index (χ4v) is 6.09. The van der Waals surface area contributed by atoms with E-state index < -0.39 is 0 Å². The van der Waals surface area contributed by atoms with Gasteiger partial charge in [0.15, 0.2) is 0 Å². The summed E-state index contributed by atoms with van der Waals surface area (Å²) >= 11 is 0. The lowest BCUT2D eigenvalue weighted by molar-refractivity contribution is -0.125. The Morgan fingerprint density at radius 3 is 2.68 bits per heavy atom. The predicted molar refractivity (Wildman–Crippen MR) is 154 cm³/mol. The SMILES string of the molecule is CC/C(C)=C(\C=C1\N=C(C(=O)N2CCC3=C(C(C)CC=C3)C2C)C=C(C2CC2)N1C)c1ccc(C)cc1F. The lowest BCUT2D eigenvalue weighted by Gasteiger charge is -2.40. The summed E-state index contributed by atoms with van der Waals surface area (Å²) in [6, 6.07) is 5.43. The van der Waals surface area contributed by atoms with E-state index in [0.717, 1.165) is 54.5 Å². The number of aliphatic imine (C=N–C) groups is 1. The van der Waals surface area contributed by atoms with Crippen molar-refractivity contribution in [3.05, 3.63) is 87.7 Å². The molecule has 0 aromatic heterocycles. The Labute approximate surface area is 227 Å². The maximum atomic E-state index is 15.1. The number of rotatable bonds is 5. The van der Waals surface area contributed by atoms with Crippen molar-refractivity contribution in [2.75, 3.05) is 13.6 Å². The van der Waals surface area contributed by atoms with Gasteiger partial charge in [-0.1, -0.05) is 43.7 Å². The zero-order valence-corrected chi connectivity index (χ0v) is 23.6.